The number of ether oxygens (including phenoxy) is 1. The molecule has 26 heavy (non-hydrogen) atoms. The summed E-state index contributed by atoms with van der Waals surface area (Å²) in [6, 6.07) is 0. The molecule has 0 N–H and O–H groups in total. The molecule has 0 radical (unpaired) electrons. The van der Waals surface area contributed by atoms with Gasteiger partial charge in [0.25, 0.3) is 0 Å². The third kappa shape index (κ3) is 10.3. The second kappa shape index (κ2) is 12.5. The summed E-state index contributed by atoms with van der Waals surface area (Å²) >= 11 is 0. The van der Waals surface area contributed by atoms with E-state index in [9.17, 15) is 4.79 Å². The Balaban J connectivity index is 4.83. The van der Waals surface area contributed by atoms with Crippen molar-refractivity contribution in [2.45, 2.75) is 104 Å². The standard InChI is InChI=1S/C22H42O3Si/c1-9-10-11-12-13-14-15-16-17-19(2)20(18-21(23)24-6)25-26(7,8)22(3,4)5/h15-17,20H,9-14,18H2,1-8H3/b16-15+,19-17+/t20-/m0/s1. The van der Waals surface area contributed by atoms with Crippen LogP contribution in [0.3, 0.4) is 0 Å². The molecule has 0 spiro atoms. The van der Waals surface area contributed by atoms with Crippen LogP contribution in [0.4, 0.5) is 0 Å². The number of hydrogen-bond donors (Lipinski definition) is 0. The summed E-state index contributed by atoms with van der Waals surface area (Å²) in [5.41, 5.74) is 1.09. The van der Waals surface area contributed by atoms with Gasteiger partial charge in [-0.2, -0.15) is 0 Å². The van der Waals surface area contributed by atoms with E-state index in [2.05, 4.69) is 59.0 Å². The van der Waals surface area contributed by atoms with Gasteiger partial charge in [0.15, 0.2) is 8.32 Å². The SMILES string of the molecule is CCCCCCC/C=C/C=C(\C)[C@H](CC(=O)OC)O[Si](C)(C)C(C)(C)C. The van der Waals surface area contributed by atoms with Crippen molar-refractivity contribution in [3.63, 3.8) is 0 Å². The molecule has 0 unspecified atom stereocenters. The van der Waals surface area contributed by atoms with Crippen LogP contribution in [0.1, 0.15) is 79.6 Å². The van der Waals surface area contributed by atoms with E-state index in [1.165, 1.54) is 39.2 Å². The quantitative estimate of drug-likeness (QED) is 0.161. The third-order valence-corrected chi connectivity index (χ3v) is 9.79. The first-order valence-electron chi connectivity index (χ1n) is 10.1. The first kappa shape index (κ1) is 25.1. The molecule has 0 amide bonds. The molecule has 152 valence electrons. The number of allylic oxidation sites excluding steroid dienone is 3. The Labute approximate surface area is 163 Å². The number of carbonyl (C=O) groups is 1. The normalized spacial score (nSPS) is 14.7. The average molecular weight is 383 g/mol. The Morgan fingerprint density at radius 1 is 1.12 bits per heavy atom. The number of methoxy groups -OCH3 is 1. The van der Waals surface area contributed by atoms with E-state index in [-0.39, 0.29) is 23.5 Å². The molecule has 3 nitrogen and oxygen atoms in total. The summed E-state index contributed by atoms with van der Waals surface area (Å²) in [5.74, 6) is -0.221. The highest BCUT2D eigenvalue weighted by Crippen LogP contribution is 2.38. The fraction of sp³-hybridized carbons (Fsp3) is 0.773. The minimum Gasteiger partial charge on any atom is -0.469 e. The lowest BCUT2D eigenvalue weighted by molar-refractivity contribution is -0.142. The number of rotatable bonds is 12. The van der Waals surface area contributed by atoms with Crippen molar-refractivity contribution >= 4 is 14.3 Å². The number of unbranched alkanes of at least 4 members (excludes halogenated alkanes) is 5. The highest BCUT2D eigenvalue weighted by Gasteiger charge is 2.39. The lowest BCUT2D eigenvalue weighted by Gasteiger charge is -2.39. The fourth-order valence-corrected chi connectivity index (χ4v) is 3.69. The van der Waals surface area contributed by atoms with Crippen molar-refractivity contribution in [1.82, 2.24) is 0 Å². The van der Waals surface area contributed by atoms with Crippen LogP contribution in [0.2, 0.25) is 18.1 Å². The van der Waals surface area contributed by atoms with E-state index in [0.29, 0.717) is 0 Å². The zero-order chi connectivity index (χ0) is 20.2. The molecule has 1 atom stereocenters. The van der Waals surface area contributed by atoms with Crippen LogP contribution in [0.15, 0.2) is 23.8 Å². The Bertz CT molecular complexity index is 458. The predicted octanol–water partition coefficient (Wildman–Crippen LogP) is 6.80. The first-order valence-corrected chi connectivity index (χ1v) is 13.0. The maximum absolute atomic E-state index is 11.8. The van der Waals surface area contributed by atoms with Crippen LogP contribution >= 0.6 is 0 Å². The third-order valence-electron chi connectivity index (χ3n) is 5.30. The van der Waals surface area contributed by atoms with Gasteiger partial charge in [0.2, 0.25) is 0 Å². The van der Waals surface area contributed by atoms with Crippen LogP contribution in [0.25, 0.3) is 0 Å². The van der Waals surface area contributed by atoms with Gasteiger partial charge in [-0.1, -0.05) is 71.6 Å². The molecule has 0 aliphatic heterocycles. The first-order chi connectivity index (χ1) is 12.0. The minimum absolute atomic E-state index is 0.107. The fourth-order valence-electron chi connectivity index (χ4n) is 2.35. The number of carbonyl (C=O) groups excluding carboxylic acids is 1. The average Bonchev–Trinajstić information content (AvgIpc) is 2.55. The molecule has 0 aliphatic rings. The number of hydrogen-bond acceptors (Lipinski definition) is 3. The maximum Gasteiger partial charge on any atom is 0.308 e. The van der Waals surface area contributed by atoms with E-state index in [0.717, 1.165) is 12.0 Å². The molecule has 0 saturated heterocycles. The summed E-state index contributed by atoms with van der Waals surface area (Å²) in [6.07, 6.45) is 14.1. The largest absolute Gasteiger partial charge is 0.469 e. The summed E-state index contributed by atoms with van der Waals surface area (Å²) in [4.78, 5) is 11.8. The van der Waals surface area contributed by atoms with Crippen molar-refractivity contribution in [2.24, 2.45) is 0 Å². The van der Waals surface area contributed by atoms with Gasteiger partial charge >= 0.3 is 5.97 Å². The Morgan fingerprint density at radius 3 is 2.27 bits per heavy atom. The molecular weight excluding hydrogens is 340 g/mol. The van der Waals surface area contributed by atoms with Crippen LogP contribution in [-0.2, 0) is 14.0 Å². The van der Waals surface area contributed by atoms with Crippen molar-refractivity contribution in [2.75, 3.05) is 7.11 Å². The second-order valence-corrected chi connectivity index (χ2v) is 13.4. The second-order valence-electron chi connectivity index (χ2n) is 8.69. The zero-order valence-electron chi connectivity index (χ0n) is 18.5. The molecule has 0 aliphatic carbocycles. The van der Waals surface area contributed by atoms with Gasteiger partial charge in [0, 0.05) is 0 Å². The molecule has 0 rings (SSSR count). The van der Waals surface area contributed by atoms with Gasteiger partial charge in [-0.05, 0) is 43.5 Å². The predicted molar refractivity (Wildman–Crippen MR) is 115 cm³/mol. The van der Waals surface area contributed by atoms with Crippen molar-refractivity contribution in [3.05, 3.63) is 23.8 Å². The highest BCUT2D eigenvalue weighted by atomic mass is 28.4. The van der Waals surface area contributed by atoms with E-state index < -0.39 is 8.32 Å². The van der Waals surface area contributed by atoms with Gasteiger partial charge in [-0.25, -0.2) is 0 Å². The topological polar surface area (TPSA) is 35.5 Å². The monoisotopic (exact) mass is 382 g/mol. The van der Waals surface area contributed by atoms with E-state index in [1.807, 2.05) is 6.92 Å². The van der Waals surface area contributed by atoms with Gasteiger partial charge in [-0.15, -0.1) is 0 Å². The lowest BCUT2D eigenvalue weighted by Crippen LogP contribution is -2.44. The van der Waals surface area contributed by atoms with Gasteiger partial charge < -0.3 is 9.16 Å². The Hall–Kier alpha value is -0.873. The lowest BCUT2D eigenvalue weighted by atomic mass is 10.1. The molecule has 0 saturated carbocycles. The Kier molecular flexibility index (Phi) is 12.1. The van der Waals surface area contributed by atoms with Gasteiger partial charge in [0.05, 0.1) is 19.6 Å². The molecule has 4 heteroatoms. The summed E-state index contributed by atoms with van der Waals surface area (Å²) in [7, 11) is -0.522. The highest BCUT2D eigenvalue weighted by molar-refractivity contribution is 6.74. The smallest absolute Gasteiger partial charge is 0.308 e. The molecule has 0 aromatic rings. The van der Waals surface area contributed by atoms with Crippen molar-refractivity contribution in [1.29, 1.82) is 0 Å². The molecule has 0 bridgehead atoms. The van der Waals surface area contributed by atoms with E-state index in [4.69, 9.17) is 9.16 Å². The van der Waals surface area contributed by atoms with Crippen LogP contribution in [0, 0.1) is 0 Å². The number of esters is 1. The summed E-state index contributed by atoms with van der Waals surface area (Å²) in [5, 5.41) is 0.107. The summed E-state index contributed by atoms with van der Waals surface area (Å²) < 4.78 is 11.4. The molecule has 0 aromatic carbocycles. The molecule has 0 aromatic heterocycles. The van der Waals surface area contributed by atoms with Gasteiger partial charge in [-0.3, -0.25) is 4.79 Å². The van der Waals surface area contributed by atoms with Crippen LogP contribution in [0.5, 0.6) is 0 Å². The van der Waals surface area contributed by atoms with Crippen LogP contribution in [-0.4, -0.2) is 27.5 Å². The summed E-state index contributed by atoms with van der Waals surface area (Å²) in [6.45, 7) is 15.4. The minimum atomic E-state index is -1.96. The van der Waals surface area contributed by atoms with E-state index in [1.54, 1.807) is 0 Å². The van der Waals surface area contributed by atoms with Crippen molar-refractivity contribution < 1.29 is 14.0 Å². The molecular formula is C22H42O3Si. The van der Waals surface area contributed by atoms with E-state index >= 15 is 0 Å². The Morgan fingerprint density at radius 2 is 1.73 bits per heavy atom. The molecule has 0 fully saturated rings. The molecule has 0 heterocycles. The van der Waals surface area contributed by atoms with Crippen molar-refractivity contribution in [3.8, 4) is 0 Å². The van der Waals surface area contributed by atoms with Crippen LogP contribution < -0.4 is 0 Å². The zero-order valence-corrected chi connectivity index (χ0v) is 19.5. The van der Waals surface area contributed by atoms with Gasteiger partial charge in [0.1, 0.15) is 0 Å². The maximum atomic E-state index is 11.8.